The van der Waals surface area contributed by atoms with Gasteiger partial charge in [-0.05, 0) is 41.8 Å². The molecular weight excluding hydrogens is 298 g/mol. The molecule has 0 bridgehead atoms. The van der Waals surface area contributed by atoms with Gasteiger partial charge in [0.15, 0.2) is 6.61 Å². The molecule has 3 nitrogen and oxygen atoms in total. The standard InChI is InChI=1S/C21H21NO2/c1-15-10-11-20(16(2)12-15)24-14-21(23)22-13-18-8-5-7-17-6-3-4-9-19(17)18/h3-12H,13-14H2,1-2H3,(H,22,23). The molecule has 0 aliphatic heterocycles. The van der Waals surface area contributed by atoms with E-state index in [-0.39, 0.29) is 12.5 Å². The minimum Gasteiger partial charge on any atom is -0.484 e. The third-order valence-corrected chi connectivity index (χ3v) is 4.05. The van der Waals surface area contributed by atoms with Crippen molar-refractivity contribution in [2.45, 2.75) is 20.4 Å². The molecule has 0 aliphatic carbocycles. The second-order valence-corrected chi connectivity index (χ2v) is 5.97. The second-order valence-electron chi connectivity index (χ2n) is 5.97. The molecule has 0 fully saturated rings. The van der Waals surface area contributed by atoms with Gasteiger partial charge < -0.3 is 10.1 Å². The van der Waals surface area contributed by atoms with Gasteiger partial charge in [-0.3, -0.25) is 4.79 Å². The molecule has 0 aliphatic rings. The van der Waals surface area contributed by atoms with Gasteiger partial charge in [0.2, 0.25) is 0 Å². The molecule has 3 aromatic carbocycles. The summed E-state index contributed by atoms with van der Waals surface area (Å²) in [4.78, 5) is 12.1. The predicted molar refractivity (Wildman–Crippen MR) is 97.2 cm³/mol. The van der Waals surface area contributed by atoms with Crippen LogP contribution in [0.4, 0.5) is 0 Å². The lowest BCUT2D eigenvalue weighted by molar-refractivity contribution is -0.123. The summed E-state index contributed by atoms with van der Waals surface area (Å²) < 4.78 is 5.62. The van der Waals surface area contributed by atoms with Crippen LogP contribution < -0.4 is 10.1 Å². The number of hydrogen-bond donors (Lipinski definition) is 1. The Morgan fingerprint density at radius 2 is 1.79 bits per heavy atom. The Hall–Kier alpha value is -2.81. The van der Waals surface area contributed by atoms with Gasteiger partial charge in [-0.1, -0.05) is 60.2 Å². The van der Waals surface area contributed by atoms with Crippen LogP contribution in [0.25, 0.3) is 10.8 Å². The summed E-state index contributed by atoms with van der Waals surface area (Å²) in [5.74, 6) is 0.629. The first kappa shape index (κ1) is 16.1. The molecule has 0 unspecified atom stereocenters. The molecule has 3 heteroatoms. The number of carbonyl (C=O) groups is 1. The Balaban J connectivity index is 1.59. The van der Waals surface area contributed by atoms with Crippen LogP contribution in [0.5, 0.6) is 5.75 Å². The van der Waals surface area contributed by atoms with E-state index in [1.54, 1.807) is 0 Å². The smallest absolute Gasteiger partial charge is 0.258 e. The fourth-order valence-electron chi connectivity index (χ4n) is 2.80. The normalized spacial score (nSPS) is 10.6. The number of hydrogen-bond acceptors (Lipinski definition) is 2. The van der Waals surface area contributed by atoms with Crippen molar-refractivity contribution in [2.75, 3.05) is 6.61 Å². The van der Waals surface area contributed by atoms with Crippen LogP contribution in [-0.2, 0) is 11.3 Å². The summed E-state index contributed by atoms with van der Waals surface area (Å²) in [6.45, 7) is 4.54. The second kappa shape index (κ2) is 7.18. The molecule has 24 heavy (non-hydrogen) atoms. The number of carbonyl (C=O) groups excluding carboxylic acids is 1. The van der Waals surface area contributed by atoms with Crippen molar-refractivity contribution < 1.29 is 9.53 Å². The highest BCUT2D eigenvalue weighted by Gasteiger charge is 2.06. The molecule has 3 aromatic rings. The fourth-order valence-corrected chi connectivity index (χ4v) is 2.80. The van der Waals surface area contributed by atoms with Gasteiger partial charge >= 0.3 is 0 Å². The first-order valence-electron chi connectivity index (χ1n) is 8.07. The Kier molecular flexibility index (Phi) is 4.80. The number of amides is 1. The van der Waals surface area contributed by atoms with Crippen LogP contribution in [-0.4, -0.2) is 12.5 Å². The van der Waals surface area contributed by atoms with E-state index < -0.39 is 0 Å². The Morgan fingerprint density at radius 1 is 1.00 bits per heavy atom. The molecule has 0 saturated carbocycles. The first-order chi connectivity index (χ1) is 11.6. The molecule has 3 rings (SSSR count). The first-order valence-corrected chi connectivity index (χ1v) is 8.07. The van der Waals surface area contributed by atoms with E-state index in [0.29, 0.717) is 6.54 Å². The van der Waals surface area contributed by atoms with E-state index in [1.165, 1.54) is 10.9 Å². The van der Waals surface area contributed by atoms with Crippen molar-refractivity contribution in [3.05, 3.63) is 77.4 Å². The van der Waals surface area contributed by atoms with Crippen LogP contribution in [0.3, 0.4) is 0 Å². The average Bonchev–Trinajstić information content (AvgIpc) is 2.59. The van der Waals surface area contributed by atoms with E-state index >= 15 is 0 Å². The van der Waals surface area contributed by atoms with Crippen LogP contribution in [0.15, 0.2) is 60.7 Å². The summed E-state index contributed by atoms with van der Waals surface area (Å²) in [6, 6.07) is 20.2. The SMILES string of the molecule is Cc1ccc(OCC(=O)NCc2cccc3ccccc23)c(C)c1. The van der Waals surface area contributed by atoms with Crippen LogP contribution in [0, 0.1) is 13.8 Å². The summed E-state index contributed by atoms with van der Waals surface area (Å²) in [5.41, 5.74) is 3.32. The summed E-state index contributed by atoms with van der Waals surface area (Å²) in [7, 11) is 0. The zero-order chi connectivity index (χ0) is 16.9. The van der Waals surface area contributed by atoms with Crippen molar-refractivity contribution >= 4 is 16.7 Å². The molecule has 122 valence electrons. The lowest BCUT2D eigenvalue weighted by Crippen LogP contribution is -2.28. The lowest BCUT2D eigenvalue weighted by Gasteiger charge is -2.11. The van der Waals surface area contributed by atoms with Crippen molar-refractivity contribution in [2.24, 2.45) is 0 Å². The highest BCUT2D eigenvalue weighted by molar-refractivity contribution is 5.86. The molecule has 1 N–H and O–H groups in total. The zero-order valence-electron chi connectivity index (χ0n) is 14.0. The van der Waals surface area contributed by atoms with Crippen molar-refractivity contribution in [3.8, 4) is 5.75 Å². The van der Waals surface area contributed by atoms with Gasteiger partial charge in [0.05, 0.1) is 0 Å². The summed E-state index contributed by atoms with van der Waals surface area (Å²) in [5, 5.41) is 5.27. The molecule has 1 amide bonds. The van der Waals surface area contributed by atoms with Gasteiger partial charge in [-0.15, -0.1) is 0 Å². The Morgan fingerprint density at radius 3 is 2.62 bits per heavy atom. The molecule has 0 radical (unpaired) electrons. The van der Waals surface area contributed by atoms with Gasteiger partial charge in [0.25, 0.3) is 5.91 Å². The molecule has 0 spiro atoms. The van der Waals surface area contributed by atoms with E-state index in [2.05, 4.69) is 23.5 Å². The van der Waals surface area contributed by atoms with E-state index in [0.717, 1.165) is 22.3 Å². The Labute approximate surface area is 142 Å². The number of ether oxygens (including phenoxy) is 1. The maximum atomic E-state index is 12.1. The van der Waals surface area contributed by atoms with Crippen molar-refractivity contribution in [1.29, 1.82) is 0 Å². The Bertz CT molecular complexity index is 865. The number of rotatable bonds is 5. The minimum absolute atomic E-state index is 0.0225. The molecule has 0 heterocycles. The van der Waals surface area contributed by atoms with Gasteiger partial charge in [-0.25, -0.2) is 0 Å². The van der Waals surface area contributed by atoms with E-state index in [4.69, 9.17) is 4.74 Å². The molecule has 0 atom stereocenters. The summed E-state index contributed by atoms with van der Waals surface area (Å²) in [6.07, 6.45) is 0. The molecular formula is C21H21NO2. The largest absolute Gasteiger partial charge is 0.484 e. The van der Waals surface area contributed by atoms with Crippen LogP contribution in [0.2, 0.25) is 0 Å². The average molecular weight is 319 g/mol. The third kappa shape index (κ3) is 3.74. The number of aryl methyl sites for hydroxylation is 2. The number of benzene rings is 3. The molecule has 0 aromatic heterocycles. The monoisotopic (exact) mass is 319 g/mol. The third-order valence-electron chi connectivity index (χ3n) is 4.05. The van der Waals surface area contributed by atoms with E-state index in [9.17, 15) is 4.79 Å². The molecule has 0 saturated heterocycles. The van der Waals surface area contributed by atoms with E-state index in [1.807, 2.05) is 56.3 Å². The van der Waals surface area contributed by atoms with Crippen molar-refractivity contribution in [1.82, 2.24) is 5.32 Å². The number of fused-ring (bicyclic) bond motifs is 1. The lowest BCUT2D eigenvalue weighted by atomic mass is 10.0. The predicted octanol–water partition coefficient (Wildman–Crippen LogP) is 4.15. The fraction of sp³-hybridized carbons (Fsp3) is 0.190. The van der Waals surface area contributed by atoms with Gasteiger partial charge in [-0.2, -0.15) is 0 Å². The maximum absolute atomic E-state index is 12.1. The van der Waals surface area contributed by atoms with Crippen LogP contribution in [0.1, 0.15) is 16.7 Å². The zero-order valence-corrected chi connectivity index (χ0v) is 14.0. The minimum atomic E-state index is -0.122. The van der Waals surface area contributed by atoms with Gasteiger partial charge in [0.1, 0.15) is 5.75 Å². The number of nitrogens with one attached hydrogen (secondary N) is 1. The van der Waals surface area contributed by atoms with Gasteiger partial charge in [0, 0.05) is 6.54 Å². The van der Waals surface area contributed by atoms with Crippen molar-refractivity contribution in [3.63, 3.8) is 0 Å². The topological polar surface area (TPSA) is 38.3 Å². The maximum Gasteiger partial charge on any atom is 0.258 e. The van der Waals surface area contributed by atoms with Crippen LogP contribution >= 0.6 is 0 Å². The quantitative estimate of drug-likeness (QED) is 0.767. The summed E-state index contributed by atoms with van der Waals surface area (Å²) >= 11 is 0. The highest BCUT2D eigenvalue weighted by Crippen LogP contribution is 2.19. The highest BCUT2D eigenvalue weighted by atomic mass is 16.5.